The van der Waals surface area contributed by atoms with Crippen LogP contribution in [-0.4, -0.2) is 16.7 Å². The van der Waals surface area contributed by atoms with Crippen molar-refractivity contribution in [1.29, 1.82) is 0 Å². The third kappa shape index (κ3) is 1.47. The van der Waals surface area contributed by atoms with Crippen molar-refractivity contribution >= 4 is 28.9 Å². The number of nitrogen functional groups attached to an aromatic ring is 1. The van der Waals surface area contributed by atoms with E-state index in [0.717, 1.165) is 0 Å². The molecule has 2 aromatic carbocycles. The van der Waals surface area contributed by atoms with Gasteiger partial charge in [-0.15, -0.1) is 0 Å². The summed E-state index contributed by atoms with van der Waals surface area (Å²) < 4.78 is 0. The molecule has 2 aromatic rings. The predicted octanol–water partition coefficient (Wildman–Crippen LogP) is 2.40. The number of phenols is 1. The number of anilines is 1. The zero-order chi connectivity index (χ0) is 13.7. The Labute approximate surface area is 113 Å². The highest BCUT2D eigenvalue weighted by molar-refractivity contribution is 6.40. The second-order valence-electron chi connectivity index (χ2n) is 4.25. The number of halogens is 1. The number of benzene rings is 2. The molecule has 0 saturated carbocycles. The summed E-state index contributed by atoms with van der Waals surface area (Å²) in [5, 5.41) is 9.99. The van der Waals surface area contributed by atoms with E-state index in [9.17, 15) is 14.7 Å². The van der Waals surface area contributed by atoms with Crippen molar-refractivity contribution in [2.45, 2.75) is 0 Å². The molecular formula is C14H8ClNO3. The van der Waals surface area contributed by atoms with Gasteiger partial charge < -0.3 is 10.8 Å². The number of ketones is 2. The van der Waals surface area contributed by atoms with E-state index >= 15 is 0 Å². The van der Waals surface area contributed by atoms with Crippen molar-refractivity contribution in [3.63, 3.8) is 0 Å². The van der Waals surface area contributed by atoms with Gasteiger partial charge in [0.15, 0.2) is 11.6 Å². The Hall–Kier alpha value is -2.33. The van der Waals surface area contributed by atoms with Crippen LogP contribution in [0.25, 0.3) is 0 Å². The van der Waals surface area contributed by atoms with Crippen LogP contribution >= 0.6 is 11.6 Å². The molecule has 0 atom stereocenters. The maximum absolute atomic E-state index is 12.4. The number of nitrogens with two attached hydrogens (primary N) is 1. The molecule has 1 aliphatic carbocycles. The van der Waals surface area contributed by atoms with Crippen LogP contribution in [0.2, 0.25) is 5.02 Å². The standard InChI is InChI=1S/C14H8ClNO3/c15-8-5-9(16)14(19)11-10(8)12(17)6-3-1-2-4-7(6)13(11)18/h1-5,19H,16H2. The second-order valence-corrected chi connectivity index (χ2v) is 4.66. The second kappa shape index (κ2) is 3.83. The number of fused-ring (bicyclic) bond motifs is 2. The molecule has 1 aliphatic rings. The molecule has 0 saturated heterocycles. The van der Waals surface area contributed by atoms with Gasteiger partial charge in [-0.2, -0.15) is 0 Å². The number of carbonyl (C=O) groups is 2. The molecule has 3 rings (SSSR count). The van der Waals surface area contributed by atoms with Crippen molar-refractivity contribution in [3.05, 3.63) is 57.6 Å². The van der Waals surface area contributed by atoms with Crippen LogP contribution in [0.1, 0.15) is 31.8 Å². The highest BCUT2D eigenvalue weighted by Gasteiger charge is 2.34. The van der Waals surface area contributed by atoms with E-state index in [0.29, 0.717) is 0 Å². The number of phenolic OH excluding ortho intramolecular Hbond substituents is 1. The first-order chi connectivity index (χ1) is 9.02. The summed E-state index contributed by atoms with van der Waals surface area (Å²) in [6.07, 6.45) is 0. The molecule has 3 N–H and O–H groups in total. The smallest absolute Gasteiger partial charge is 0.198 e. The minimum absolute atomic E-state index is 0.0112. The van der Waals surface area contributed by atoms with Crippen LogP contribution in [0.3, 0.4) is 0 Å². The van der Waals surface area contributed by atoms with Crippen molar-refractivity contribution in [2.75, 3.05) is 5.73 Å². The van der Waals surface area contributed by atoms with E-state index in [2.05, 4.69) is 0 Å². The Kier molecular flexibility index (Phi) is 2.37. The molecule has 0 amide bonds. The van der Waals surface area contributed by atoms with Crippen molar-refractivity contribution in [1.82, 2.24) is 0 Å². The first-order valence-electron chi connectivity index (χ1n) is 5.51. The van der Waals surface area contributed by atoms with Crippen LogP contribution in [0.5, 0.6) is 5.75 Å². The predicted molar refractivity (Wildman–Crippen MR) is 70.8 cm³/mol. The molecule has 0 aliphatic heterocycles. The van der Waals surface area contributed by atoms with Gasteiger partial charge in [0.2, 0.25) is 0 Å². The van der Waals surface area contributed by atoms with Gasteiger partial charge in [-0.1, -0.05) is 35.9 Å². The molecule has 0 heterocycles. The summed E-state index contributed by atoms with van der Waals surface area (Å²) >= 11 is 5.98. The van der Waals surface area contributed by atoms with Crippen LogP contribution in [0.15, 0.2) is 30.3 Å². The van der Waals surface area contributed by atoms with Gasteiger partial charge in [0.25, 0.3) is 0 Å². The number of rotatable bonds is 0. The SMILES string of the molecule is Nc1cc(Cl)c2c(c1O)C(=O)c1ccccc1C2=O. The minimum Gasteiger partial charge on any atom is -0.505 e. The van der Waals surface area contributed by atoms with Crippen LogP contribution in [0, 0.1) is 0 Å². The molecule has 4 nitrogen and oxygen atoms in total. The van der Waals surface area contributed by atoms with E-state index in [1.54, 1.807) is 18.2 Å². The Morgan fingerprint density at radius 1 is 1.00 bits per heavy atom. The lowest BCUT2D eigenvalue weighted by Gasteiger charge is -2.20. The van der Waals surface area contributed by atoms with E-state index in [-0.39, 0.29) is 38.7 Å². The lowest BCUT2D eigenvalue weighted by Crippen LogP contribution is -2.21. The highest BCUT2D eigenvalue weighted by Crippen LogP contribution is 2.40. The van der Waals surface area contributed by atoms with Crippen molar-refractivity contribution in [3.8, 4) is 5.75 Å². The largest absolute Gasteiger partial charge is 0.505 e. The fourth-order valence-electron chi connectivity index (χ4n) is 2.25. The highest BCUT2D eigenvalue weighted by atomic mass is 35.5. The number of hydrogen-bond acceptors (Lipinski definition) is 4. The maximum Gasteiger partial charge on any atom is 0.198 e. The van der Waals surface area contributed by atoms with Gasteiger partial charge in [0, 0.05) is 11.1 Å². The Balaban J connectivity index is 2.43. The summed E-state index contributed by atoms with van der Waals surface area (Å²) in [5.41, 5.74) is 5.98. The van der Waals surface area contributed by atoms with Crippen LogP contribution in [-0.2, 0) is 0 Å². The molecule has 0 unspecified atom stereocenters. The van der Waals surface area contributed by atoms with Crippen LogP contribution in [0.4, 0.5) is 5.69 Å². The average Bonchev–Trinajstić information content (AvgIpc) is 2.40. The van der Waals surface area contributed by atoms with Gasteiger partial charge in [-0.25, -0.2) is 0 Å². The minimum atomic E-state index is -0.447. The third-order valence-electron chi connectivity index (χ3n) is 3.15. The Bertz CT molecular complexity index is 753. The van der Waals surface area contributed by atoms with Crippen molar-refractivity contribution < 1.29 is 14.7 Å². The zero-order valence-electron chi connectivity index (χ0n) is 9.61. The molecular weight excluding hydrogens is 266 g/mol. The normalized spacial score (nSPS) is 13.1. The summed E-state index contributed by atoms with van der Waals surface area (Å²) in [7, 11) is 0. The third-order valence-corrected chi connectivity index (χ3v) is 3.45. The van der Waals surface area contributed by atoms with Gasteiger partial charge in [0.05, 0.1) is 21.8 Å². The number of hydrogen-bond donors (Lipinski definition) is 2. The van der Waals surface area contributed by atoms with Gasteiger partial charge in [0.1, 0.15) is 5.75 Å². The monoisotopic (exact) mass is 273 g/mol. The zero-order valence-corrected chi connectivity index (χ0v) is 10.4. The average molecular weight is 274 g/mol. The molecule has 94 valence electrons. The molecule has 0 radical (unpaired) electrons. The van der Waals surface area contributed by atoms with Gasteiger partial charge >= 0.3 is 0 Å². The topological polar surface area (TPSA) is 80.4 Å². The first-order valence-corrected chi connectivity index (χ1v) is 5.89. The Morgan fingerprint density at radius 3 is 2.11 bits per heavy atom. The molecule has 0 aromatic heterocycles. The van der Waals surface area contributed by atoms with Crippen molar-refractivity contribution in [2.24, 2.45) is 0 Å². The maximum atomic E-state index is 12.4. The quantitative estimate of drug-likeness (QED) is 0.487. The van der Waals surface area contributed by atoms with E-state index in [4.69, 9.17) is 17.3 Å². The summed E-state index contributed by atoms with van der Waals surface area (Å²) in [5.74, 6) is -1.23. The lowest BCUT2D eigenvalue weighted by molar-refractivity contribution is 0.0977. The molecule has 19 heavy (non-hydrogen) atoms. The van der Waals surface area contributed by atoms with E-state index in [1.165, 1.54) is 12.1 Å². The van der Waals surface area contributed by atoms with Gasteiger partial charge in [-0.05, 0) is 6.07 Å². The lowest BCUT2D eigenvalue weighted by atomic mass is 9.83. The molecule has 0 spiro atoms. The first kappa shape index (κ1) is 11.7. The number of carbonyl (C=O) groups excluding carboxylic acids is 2. The van der Waals surface area contributed by atoms with Gasteiger partial charge in [-0.3, -0.25) is 9.59 Å². The van der Waals surface area contributed by atoms with E-state index < -0.39 is 11.5 Å². The number of aromatic hydroxyl groups is 1. The fourth-order valence-corrected chi connectivity index (χ4v) is 2.55. The molecule has 0 bridgehead atoms. The Morgan fingerprint density at radius 2 is 1.53 bits per heavy atom. The van der Waals surface area contributed by atoms with E-state index in [1.807, 2.05) is 0 Å². The summed E-state index contributed by atoms with van der Waals surface area (Å²) in [6, 6.07) is 7.69. The fraction of sp³-hybridized carbons (Fsp3) is 0. The van der Waals surface area contributed by atoms with Crippen LogP contribution < -0.4 is 5.73 Å². The molecule has 0 fully saturated rings. The molecule has 5 heteroatoms. The summed E-state index contributed by atoms with van der Waals surface area (Å²) in [4.78, 5) is 24.7. The summed E-state index contributed by atoms with van der Waals surface area (Å²) in [6.45, 7) is 0.